The highest BCUT2D eigenvalue weighted by Gasteiger charge is 2.12. The number of imidazole rings is 1. The van der Waals surface area contributed by atoms with Gasteiger partial charge in [-0.3, -0.25) is 0 Å². The molecule has 3 nitrogen and oxygen atoms in total. The number of nitrogens with zero attached hydrogens (tertiary/aromatic N) is 2. The molecule has 0 aliphatic heterocycles. The van der Waals surface area contributed by atoms with E-state index in [0.29, 0.717) is 6.04 Å². The topological polar surface area (TPSA) is 29.9 Å². The van der Waals surface area contributed by atoms with Gasteiger partial charge in [0.2, 0.25) is 0 Å². The molecule has 0 aliphatic rings. The van der Waals surface area contributed by atoms with Gasteiger partial charge in [-0.25, -0.2) is 4.98 Å². The molecule has 1 unspecified atom stereocenters. The molecule has 1 aromatic heterocycles. The third-order valence-electron chi connectivity index (χ3n) is 3.26. The van der Waals surface area contributed by atoms with Crippen molar-refractivity contribution < 1.29 is 0 Å². The summed E-state index contributed by atoms with van der Waals surface area (Å²) >= 11 is 0. The molecule has 1 aromatic rings. The van der Waals surface area contributed by atoms with E-state index in [4.69, 9.17) is 0 Å². The van der Waals surface area contributed by atoms with Crippen LogP contribution in [-0.2, 0) is 7.05 Å². The van der Waals surface area contributed by atoms with Crippen molar-refractivity contribution in [2.75, 3.05) is 6.54 Å². The van der Waals surface area contributed by atoms with Crippen molar-refractivity contribution in [1.29, 1.82) is 0 Å². The third-order valence-corrected chi connectivity index (χ3v) is 3.26. The zero-order chi connectivity index (χ0) is 12.5. The van der Waals surface area contributed by atoms with Crippen LogP contribution in [0.4, 0.5) is 0 Å². The molecular formula is C14H27N3. The van der Waals surface area contributed by atoms with E-state index < -0.39 is 0 Å². The first-order valence-electron chi connectivity index (χ1n) is 6.99. The van der Waals surface area contributed by atoms with Crippen molar-refractivity contribution in [3.05, 3.63) is 18.2 Å². The van der Waals surface area contributed by atoms with Gasteiger partial charge in [0.15, 0.2) is 0 Å². The summed E-state index contributed by atoms with van der Waals surface area (Å²) in [4.78, 5) is 4.21. The van der Waals surface area contributed by atoms with Crippen molar-refractivity contribution in [3.8, 4) is 0 Å². The lowest BCUT2D eigenvalue weighted by molar-refractivity contribution is 0.460. The summed E-state index contributed by atoms with van der Waals surface area (Å²) in [7, 11) is 2.07. The fraction of sp³-hybridized carbons (Fsp3) is 0.786. The Morgan fingerprint density at radius 2 is 2.00 bits per heavy atom. The molecule has 1 atom stereocenters. The average Bonchev–Trinajstić information content (AvgIpc) is 2.74. The van der Waals surface area contributed by atoms with Gasteiger partial charge in [0.05, 0.1) is 12.0 Å². The maximum atomic E-state index is 4.21. The maximum Gasteiger partial charge on any atom is 0.0946 e. The Kier molecular flexibility index (Phi) is 6.94. The van der Waals surface area contributed by atoms with Gasteiger partial charge < -0.3 is 9.88 Å². The highest BCUT2D eigenvalue weighted by atomic mass is 15.1. The first kappa shape index (κ1) is 14.2. The Hall–Kier alpha value is -0.830. The predicted octanol–water partition coefficient (Wildman–Crippen LogP) is 3.43. The van der Waals surface area contributed by atoms with Gasteiger partial charge in [-0.15, -0.1) is 0 Å². The van der Waals surface area contributed by atoms with E-state index in [0.717, 1.165) is 6.54 Å². The van der Waals surface area contributed by atoms with Crippen LogP contribution in [0.15, 0.2) is 12.5 Å². The van der Waals surface area contributed by atoms with Gasteiger partial charge in [0.25, 0.3) is 0 Å². The number of hydrogen-bond donors (Lipinski definition) is 1. The molecule has 98 valence electrons. The zero-order valence-corrected chi connectivity index (χ0v) is 11.6. The van der Waals surface area contributed by atoms with Crippen LogP contribution >= 0.6 is 0 Å². The van der Waals surface area contributed by atoms with Gasteiger partial charge in [-0.2, -0.15) is 0 Å². The molecule has 17 heavy (non-hydrogen) atoms. The predicted molar refractivity (Wildman–Crippen MR) is 73.0 cm³/mol. The van der Waals surface area contributed by atoms with Crippen LogP contribution in [0.25, 0.3) is 0 Å². The summed E-state index contributed by atoms with van der Waals surface area (Å²) in [5, 5.41) is 3.56. The molecule has 0 saturated carbocycles. The largest absolute Gasteiger partial charge is 0.336 e. The summed E-state index contributed by atoms with van der Waals surface area (Å²) < 4.78 is 2.12. The minimum atomic E-state index is 0.467. The summed E-state index contributed by atoms with van der Waals surface area (Å²) in [5.41, 5.74) is 1.31. The number of aryl methyl sites for hydroxylation is 1. The van der Waals surface area contributed by atoms with Crippen molar-refractivity contribution in [3.63, 3.8) is 0 Å². The van der Waals surface area contributed by atoms with Gasteiger partial charge in [-0.1, -0.05) is 46.0 Å². The third kappa shape index (κ3) is 4.90. The van der Waals surface area contributed by atoms with E-state index in [1.807, 2.05) is 12.5 Å². The molecular weight excluding hydrogens is 210 g/mol. The molecule has 0 bridgehead atoms. The fourth-order valence-corrected chi connectivity index (χ4v) is 2.26. The molecule has 1 rings (SSSR count). The molecule has 0 radical (unpaired) electrons. The first-order chi connectivity index (χ1) is 8.29. The molecule has 0 spiro atoms. The Bertz CT molecular complexity index is 293. The molecule has 0 aliphatic carbocycles. The number of rotatable bonds is 9. The van der Waals surface area contributed by atoms with Crippen molar-refractivity contribution >= 4 is 0 Å². The van der Waals surface area contributed by atoms with Gasteiger partial charge in [0.1, 0.15) is 0 Å². The van der Waals surface area contributed by atoms with Crippen LogP contribution in [0.5, 0.6) is 0 Å². The maximum absolute atomic E-state index is 4.21. The van der Waals surface area contributed by atoms with Crippen molar-refractivity contribution in [2.45, 2.75) is 58.4 Å². The first-order valence-corrected chi connectivity index (χ1v) is 6.99. The number of nitrogens with one attached hydrogen (secondary N) is 1. The van der Waals surface area contributed by atoms with Crippen LogP contribution in [0.1, 0.15) is 64.1 Å². The number of unbranched alkanes of at least 4 members (excludes halogenated alkanes) is 4. The molecule has 1 heterocycles. The summed E-state index contributed by atoms with van der Waals surface area (Å²) in [6, 6.07) is 0.467. The lowest BCUT2D eigenvalue weighted by Gasteiger charge is -2.18. The number of hydrogen-bond acceptors (Lipinski definition) is 2. The van der Waals surface area contributed by atoms with Crippen LogP contribution in [0, 0.1) is 0 Å². The molecule has 0 amide bonds. The van der Waals surface area contributed by atoms with E-state index in [9.17, 15) is 0 Å². The van der Waals surface area contributed by atoms with Gasteiger partial charge >= 0.3 is 0 Å². The molecule has 3 heteroatoms. The Morgan fingerprint density at radius 1 is 1.24 bits per heavy atom. The molecule has 1 N–H and O–H groups in total. The van der Waals surface area contributed by atoms with Crippen LogP contribution < -0.4 is 5.32 Å². The fourth-order valence-electron chi connectivity index (χ4n) is 2.26. The SMILES string of the molecule is CCCCCCCC(NCC)c1cncn1C. The smallest absolute Gasteiger partial charge is 0.0946 e. The Morgan fingerprint density at radius 3 is 2.59 bits per heavy atom. The minimum absolute atomic E-state index is 0.467. The second kappa shape index (κ2) is 8.29. The van der Waals surface area contributed by atoms with Crippen molar-refractivity contribution in [1.82, 2.24) is 14.9 Å². The molecule has 0 aromatic carbocycles. The standard InChI is InChI=1S/C14H27N3/c1-4-6-7-8-9-10-13(16-5-2)14-11-15-12-17(14)3/h11-13,16H,4-10H2,1-3H3. The van der Waals surface area contributed by atoms with E-state index in [1.165, 1.54) is 44.2 Å². The monoisotopic (exact) mass is 237 g/mol. The second-order valence-corrected chi connectivity index (χ2v) is 4.74. The van der Waals surface area contributed by atoms with Crippen molar-refractivity contribution in [2.24, 2.45) is 7.05 Å². The van der Waals surface area contributed by atoms with E-state index >= 15 is 0 Å². The summed E-state index contributed by atoms with van der Waals surface area (Å²) in [6.45, 7) is 5.45. The molecule has 0 saturated heterocycles. The Labute approximate surface area is 106 Å². The highest BCUT2D eigenvalue weighted by Crippen LogP contribution is 2.19. The van der Waals surface area contributed by atoms with Crippen LogP contribution in [0.3, 0.4) is 0 Å². The Balaban J connectivity index is 2.36. The molecule has 0 fully saturated rings. The lowest BCUT2D eigenvalue weighted by Crippen LogP contribution is -2.22. The van der Waals surface area contributed by atoms with E-state index in [-0.39, 0.29) is 0 Å². The van der Waals surface area contributed by atoms with Crippen LogP contribution in [0.2, 0.25) is 0 Å². The summed E-state index contributed by atoms with van der Waals surface area (Å²) in [5.74, 6) is 0. The minimum Gasteiger partial charge on any atom is -0.336 e. The normalized spacial score (nSPS) is 12.9. The number of aromatic nitrogens is 2. The van der Waals surface area contributed by atoms with Gasteiger partial charge in [0, 0.05) is 19.3 Å². The quantitative estimate of drug-likeness (QED) is 0.667. The lowest BCUT2D eigenvalue weighted by atomic mass is 10.0. The van der Waals surface area contributed by atoms with Gasteiger partial charge in [-0.05, 0) is 13.0 Å². The zero-order valence-electron chi connectivity index (χ0n) is 11.6. The average molecular weight is 237 g/mol. The van der Waals surface area contributed by atoms with Crippen LogP contribution in [-0.4, -0.2) is 16.1 Å². The second-order valence-electron chi connectivity index (χ2n) is 4.74. The summed E-state index contributed by atoms with van der Waals surface area (Å²) in [6.07, 6.45) is 11.8. The van der Waals surface area contributed by atoms with E-state index in [2.05, 4.69) is 35.8 Å². The highest BCUT2D eigenvalue weighted by molar-refractivity contribution is 5.04. The van der Waals surface area contributed by atoms with E-state index in [1.54, 1.807) is 0 Å².